The van der Waals surface area contributed by atoms with Gasteiger partial charge < -0.3 is 9.32 Å². The van der Waals surface area contributed by atoms with Gasteiger partial charge in [-0.05, 0) is 42.7 Å². The SMILES string of the molecule is CSc1ccc(N2CC(c3nnc(NC(=O)c4c(F)cccc4F)o3)CC2=O)cc1. The minimum atomic E-state index is -1.04. The Morgan fingerprint density at radius 1 is 1.17 bits per heavy atom. The molecule has 1 unspecified atom stereocenters. The molecule has 1 N–H and O–H groups in total. The van der Waals surface area contributed by atoms with E-state index in [1.54, 1.807) is 16.7 Å². The van der Waals surface area contributed by atoms with Crippen LogP contribution in [0, 0.1) is 11.6 Å². The highest BCUT2D eigenvalue weighted by molar-refractivity contribution is 7.98. The summed E-state index contributed by atoms with van der Waals surface area (Å²) >= 11 is 1.61. The molecule has 154 valence electrons. The molecule has 0 saturated carbocycles. The first kappa shape index (κ1) is 20.0. The molecule has 7 nitrogen and oxygen atoms in total. The summed E-state index contributed by atoms with van der Waals surface area (Å²) in [6.45, 7) is 0.342. The molecule has 1 aliphatic rings. The summed E-state index contributed by atoms with van der Waals surface area (Å²) in [5, 5.41) is 9.77. The predicted octanol–water partition coefficient (Wildman–Crippen LogP) is 3.84. The second kappa shape index (κ2) is 8.23. The van der Waals surface area contributed by atoms with Crippen LogP contribution in [-0.2, 0) is 4.79 Å². The van der Waals surface area contributed by atoms with E-state index in [9.17, 15) is 18.4 Å². The van der Waals surface area contributed by atoms with Gasteiger partial charge in [0.25, 0.3) is 5.91 Å². The maximum absolute atomic E-state index is 13.7. The molecule has 1 saturated heterocycles. The average molecular weight is 430 g/mol. The van der Waals surface area contributed by atoms with Gasteiger partial charge in [-0.15, -0.1) is 16.9 Å². The molecular weight excluding hydrogens is 414 g/mol. The summed E-state index contributed by atoms with van der Waals surface area (Å²) in [6.07, 6.45) is 2.14. The molecule has 3 aromatic rings. The smallest absolute Gasteiger partial charge is 0.322 e. The van der Waals surface area contributed by atoms with Crippen molar-refractivity contribution >= 4 is 35.3 Å². The number of anilines is 2. The van der Waals surface area contributed by atoms with Gasteiger partial charge in [-0.1, -0.05) is 11.2 Å². The molecule has 30 heavy (non-hydrogen) atoms. The van der Waals surface area contributed by atoms with Crippen molar-refractivity contribution in [3.63, 3.8) is 0 Å². The van der Waals surface area contributed by atoms with Crippen LogP contribution in [0.25, 0.3) is 0 Å². The molecule has 1 aromatic heterocycles. The van der Waals surface area contributed by atoms with E-state index in [-0.39, 0.29) is 30.2 Å². The maximum Gasteiger partial charge on any atom is 0.322 e. The number of rotatable bonds is 5. The molecule has 4 rings (SSSR count). The highest BCUT2D eigenvalue weighted by Gasteiger charge is 2.35. The van der Waals surface area contributed by atoms with Crippen LogP contribution in [-0.4, -0.2) is 34.8 Å². The molecule has 2 aromatic carbocycles. The number of halogens is 2. The van der Waals surface area contributed by atoms with Gasteiger partial charge in [-0.2, -0.15) is 0 Å². The minimum absolute atomic E-state index is 0.0888. The molecule has 2 amide bonds. The summed E-state index contributed by atoms with van der Waals surface area (Å²) < 4.78 is 32.9. The molecule has 1 fully saturated rings. The summed E-state index contributed by atoms with van der Waals surface area (Å²) in [5.74, 6) is -3.33. The number of nitrogens with one attached hydrogen (secondary N) is 1. The van der Waals surface area contributed by atoms with E-state index in [1.807, 2.05) is 30.5 Å². The number of aromatic nitrogens is 2. The molecule has 0 spiro atoms. The Kier molecular flexibility index (Phi) is 5.49. The quantitative estimate of drug-likeness (QED) is 0.619. The van der Waals surface area contributed by atoms with Crippen molar-refractivity contribution in [2.24, 2.45) is 0 Å². The van der Waals surface area contributed by atoms with Crippen LogP contribution in [0.15, 0.2) is 51.8 Å². The maximum atomic E-state index is 13.7. The van der Waals surface area contributed by atoms with Crippen LogP contribution in [0.3, 0.4) is 0 Å². The number of thioether (sulfide) groups is 1. The monoisotopic (exact) mass is 430 g/mol. The number of carbonyl (C=O) groups is 2. The van der Waals surface area contributed by atoms with Gasteiger partial charge in [0.1, 0.15) is 17.2 Å². The Morgan fingerprint density at radius 2 is 1.87 bits per heavy atom. The number of hydrogen-bond acceptors (Lipinski definition) is 6. The normalized spacial score (nSPS) is 16.2. The van der Waals surface area contributed by atoms with Crippen LogP contribution in [0.1, 0.15) is 28.6 Å². The fourth-order valence-electron chi connectivity index (χ4n) is 3.21. The first-order valence-electron chi connectivity index (χ1n) is 8.99. The molecule has 0 radical (unpaired) electrons. The standard InChI is InChI=1S/C20H16F2N4O3S/c1-30-13-7-5-12(6-8-13)26-10-11(9-16(26)27)19-24-25-20(29-19)23-18(28)17-14(21)3-2-4-15(17)22/h2-8,11H,9-10H2,1H3,(H,23,25,28). The Bertz CT molecular complexity index is 1080. The van der Waals surface area contributed by atoms with Crippen LogP contribution in [0.5, 0.6) is 0 Å². The minimum Gasteiger partial charge on any atom is -0.407 e. The third-order valence-corrected chi connectivity index (χ3v) is 5.45. The Balaban J connectivity index is 1.46. The van der Waals surface area contributed by atoms with Gasteiger partial charge in [0.15, 0.2) is 0 Å². The van der Waals surface area contributed by atoms with Crippen molar-refractivity contribution in [1.82, 2.24) is 10.2 Å². The van der Waals surface area contributed by atoms with Crippen LogP contribution in [0.4, 0.5) is 20.5 Å². The van der Waals surface area contributed by atoms with Crippen LogP contribution < -0.4 is 10.2 Å². The van der Waals surface area contributed by atoms with Crippen molar-refractivity contribution in [1.29, 1.82) is 0 Å². The van der Waals surface area contributed by atoms with Crippen molar-refractivity contribution < 1.29 is 22.8 Å². The highest BCUT2D eigenvalue weighted by Crippen LogP contribution is 2.32. The fraction of sp³-hybridized carbons (Fsp3) is 0.200. The molecule has 0 bridgehead atoms. The number of hydrogen-bond donors (Lipinski definition) is 1. The van der Waals surface area contributed by atoms with Crippen molar-refractivity contribution in [3.8, 4) is 0 Å². The molecule has 10 heteroatoms. The number of nitrogens with zero attached hydrogens (tertiary/aromatic N) is 3. The van der Waals surface area contributed by atoms with E-state index in [0.29, 0.717) is 6.54 Å². The van der Waals surface area contributed by atoms with E-state index in [2.05, 4.69) is 15.5 Å². The molecule has 0 aliphatic carbocycles. The van der Waals surface area contributed by atoms with Crippen molar-refractivity contribution in [3.05, 3.63) is 65.6 Å². The zero-order chi connectivity index (χ0) is 21.3. The van der Waals surface area contributed by atoms with Crippen LogP contribution >= 0.6 is 11.8 Å². The Morgan fingerprint density at radius 3 is 2.53 bits per heavy atom. The summed E-state index contributed by atoms with van der Waals surface area (Å²) in [6, 6.07) is 10.4. The van der Waals surface area contributed by atoms with E-state index in [4.69, 9.17) is 4.42 Å². The summed E-state index contributed by atoms with van der Waals surface area (Å²) in [7, 11) is 0. The lowest BCUT2D eigenvalue weighted by atomic mass is 10.1. The van der Waals surface area contributed by atoms with Gasteiger partial charge in [0, 0.05) is 23.5 Å². The van der Waals surface area contributed by atoms with E-state index in [0.717, 1.165) is 28.8 Å². The third kappa shape index (κ3) is 3.90. The summed E-state index contributed by atoms with van der Waals surface area (Å²) in [4.78, 5) is 27.3. The third-order valence-electron chi connectivity index (χ3n) is 4.71. The molecule has 2 heterocycles. The highest BCUT2D eigenvalue weighted by atomic mass is 32.2. The van der Waals surface area contributed by atoms with Crippen molar-refractivity contribution in [2.75, 3.05) is 23.0 Å². The van der Waals surface area contributed by atoms with E-state index < -0.39 is 23.1 Å². The second-order valence-corrected chi connectivity index (χ2v) is 7.48. The zero-order valence-corrected chi connectivity index (χ0v) is 16.6. The average Bonchev–Trinajstić information content (AvgIpc) is 3.34. The fourth-order valence-corrected chi connectivity index (χ4v) is 3.62. The predicted molar refractivity (Wildman–Crippen MR) is 107 cm³/mol. The summed E-state index contributed by atoms with van der Waals surface area (Å²) in [5.41, 5.74) is 0.0246. The van der Waals surface area contributed by atoms with E-state index >= 15 is 0 Å². The van der Waals surface area contributed by atoms with Crippen molar-refractivity contribution in [2.45, 2.75) is 17.2 Å². The van der Waals surface area contributed by atoms with Crippen LogP contribution in [0.2, 0.25) is 0 Å². The topological polar surface area (TPSA) is 88.3 Å². The Labute approximate surface area is 174 Å². The van der Waals surface area contributed by atoms with E-state index in [1.165, 1.54) is 0 Å². The van der Waals surface area contributed by atoms with Gasteiger partial charge in [0.05, 0.1) is 5.92 Å². The number of benzene rings is 2. The van der Waals surface area contributed by atoms with Gasteiger partial charge in [0.2, 0.25) is 11.8 Å². The number of amides is 2. The molecule has 1 atom stereocenters. The zero-order valence-electron chi connectivity index (χ0n) is 15.8. The molecular formula is C20H16F2N4O3S. The molecule has 1 aliphatic heterocycles. The number of carbonyl (C=O) groups excluding carboxylic acids is 2. The van der Waals surface area contributed by atoms with Gasteiger partial charge >= 0.3 is 6.01 Å². The first-order valence-corrected chi connectivity index (χ1v) is 10.2. The lowest BCUT2D eigenvalue weighted by molar-refractivity contribution is -0.117. The lowest BCUT2D eigenvalue weighted by Gasteiger charge is -2.16. The Hall–Kier alpha value is -3.27. The second-order valence-electron chi connectivity index (χ2n) is 6.60. The first-order chi connectivity index (χ1) is 14.5. The van der Waals surface area contributed by atoms with Gasteiger partial charge in [-0.3, -0.25) is 14.9 Å². The van der Waals surface area contributed by atoms with Gasteiger partial charge in [-0.25, -0.2) is 8.78 Å². The lowest BCUT2D eigenvalue weighted by Crippen LogP contribution is -2.24. The largest absolute Gasteiger partial charge is 0.407 e.